The van der Waals surface area contributed by atoms with Gasteiger partial charge in [-0.2, -0.15) is 4.98 Å². The Morgan fingerprint density at radius 3 is 2.93 bits per heavy atom. The zero-order chi connectivity index (χ0) is 10.7. The second-order valence-corrected chi connectivity index (χ2v) is 4.46. The van der Waals surface area contributed by atoms with Crippen molar-refractivity contribution in [2.24, 2.45) is 5.41 Å². The summed E-state index contributed by atoms with van der Waals surface area (Å²) in [6.45, 7) is 5.93. The van der Waals surface area contributed by atoms with E-state index in [1.54, 1.807) is 0 Å². The Hall–Kier alpha value is -1.25. The molecule has 1 aliphatic rings. The minimum atomic E-state index is 0.503. The highest BCUT2D eigenvalue weighted by atomic mass is 16.5. The summed E-state index contributed by atoms with van der Waals surface area (Å²) in [5.41, 5.74) is 0.503. The van der Waals surface area contributed by atoms with Crippen LogP contribution < -0.4 is 10.1 Å². The van der Waals surface area contributed by atoms with Gasteiger partial charge in [0.25, 0.3) is 0 Å². The van der Waals surface area contributed by atoms with Crippen molar-refractivity contribution in [1.82, 2.24) is 4.98 Å². The number of hydrogen-bond donors (Lipinski definition) is 1. The third-order valence-electron chi connectivity index (χ3n) is 2.82. The predicted octanol–water partition coefficient (Wildman–Crippen LogP) is 2.69. The Balaban J connectivity index is 1.92. The van der Waals surface area contributed by atoms with Crippen molar-refractivity contribution in [3.05, 3.63) is 18.2 Å². The monoisotopic (exact) mass is 206 g/mol. The third kappa shape index (κ3) is 2.85. The molecule has 0 aliphatic heterocycles. The van der Waals surface area contributed by atoms with E-state index >= 15 is 0 Å². The van der Waals surface area contributed by atoms with Crippen molar-refractivity contribution >= 4 is 5.82 Å². The maximum Gasteiger partial charge on any atom is 0.215 e. The van der Waals surface area contributed by atoms with E-state index in [0.717, 1.165) is 12.4 Å². The molecule has 0 radical (unpaired) electrons. The Morgan fingerprint density at radius 1 is 1.47 bits per heavy atom. The van der Waals surface area contributed by atoms with Crippen molar-refractivity contribution in [3.8, 4) is 5.88 Å². The highest BCUT2D eigenvalue weighted by Crippen LogP contribution is 2.44. The van der Waals surface area contributed by atoms with Crippen LogP contribution in [0.2, 0.25) is 0 Å². The molecule has 1 fully saturated rings. The number of nitrogens with one attached hydrogen (secondary N) is 1. The number of ether oxygens (including phenoxy) is 1. The fourth-order valence-electron chi connectivity index (χ4n) is 1.44. The highest BCUT2D eigenvalue weighted by Gasteiger charge is 2.36. The zero-order valence-electron chi connectivity index (χ0n) is 9.42. The van der Waals surface area contributed by atoms with Gasteiger partial charge in [-0.05, 0) is 31.2 Å². The smallest absolute Gasteiger partial charge is 0.215 e. The minimum Gasteiger partial charge on any atom is -0.478 e. The molecule has 15 heavy (non-hydrogen) atoms. The molecule has 1 aromatic heterocycles. The fourth-order valence-corrected chi connectivity index (χ4v) is 1.44. The van der Waals surface area contributed by atoms with Gasteiger partial charge in [0.1, 0.15) is 5.82 Å². The van der Waals surface area contributed by atoms with Crippen LogP contribution in [0.15, 0.2) is 18.2 Å². The van der Waals surface area contributed by atoms with E-state index in [9.17, 15) is 0 Å². The summed E-state index contributed by atoms with van der Waals surface area (Å²) < 4.78 is 5.34. The normalized spacial score (nSPS) is 17.2. The second kappa shape index (κ2) is 4.09. The molecule has 0 bridgehead atoms. The lowest BCUT2D eigenvalue weighted by atomic mass is 10.1. The number of hydrogen-bond acceptors (Lipinski definition) is 3. The van der Waals surface area contributed by atoms with Crippen LogP contribution in [-0.2, 0) is 0 Å². The summed E-state index contributed by atoms with van der Waals surface area (Å²) in [6.07, 6.45) is 2.65. The molecule has 0 atom stereocenters. The van der Waals surface area contributed by atoms with Crippen molar-refractivity contribution in [2.45, 2.75) is 26.7 Å². The molecule has 3 heteroatoms. The molecule has 1 N–H and O–H groups in total. The van der Waals surface area contributed by atoms with Crippen LogP contribution in [-0.4, -0.2) is 18.1 Å². The average molecular weight is 206 g/mol. The van der Waals surface area contributed by atoms with E-state index in [1.165, 1.54) is 12.8 Å². The standard InChI is InChI=1S/C12H18N2O/c1-3-15-11-6-4-5-10(14-11)13-9-12(2)7-8-12/h4-6H,3,7-9H2,1-2H3,(H,13,14). The van der Waals surface area contributed by atoms with Crippen molar-refractivity contribution in [1.29, 1.82) is 0 Å². The molecule has 0 amide bonds. The quantitative estimate of drug-likeness (QED) is 0.804. The van der Waals surface area contributed by atoms with Gasteiger partial charge >= 0.3 is 0 Å². The molecule has 0 spiro atoms. The first-order valence-corrected chi connectivity index (χ1v) is 5.56. The summed E-state index contributed by atoms with van der Waals surface area (Å²) in [5, 5.41) is 3.35. The topological polar surface area (TPSA) is 34.1 Å². The molecular weight excluding hydrogens is 188 g/mol. The summed E-state index contributed by atoms with van der Waals surface area (Å²) in [4.78, 5) is 4.36. The number of nitrogens with zero attached hydrogens (tertiary/aromatic N) is 1. The lowest BCUT2D eigenvalue weighted by molar-refractivity contribution is 0.327. The molecule has 0 saturated heterocycles. The number of anilines is 1. The van der Waals surface area contributed by atoms with E-state index in [-0.39, 0.29) is 0 Å². The molecule has 1 aromatic rings. The van der Waals surface area contributed by atoms with Gasteiger partial charge in [-0.3, -0.25) is 0 Å². The lowest BCUT2D eigenvalue weighted by Crippen LogP contribution is -2.12. The molecule has 1 heterocycles. The van der Waals surface area contributed by atoms with Crippen LogP contribution >= 0.6 is 0 Å². The van der Waals surface area contributed by atoms with Gasteiger partial charge in [-0.1, -0.05) is 13.0 Å². The van der Waals surface area contributed by atoms with Gasteiger partial charge in [0, 0.05) is 12.6 Å². The van der Waals surface area contributed by atoms with Crippen LogP contribution in [0.5, 0.6) is 5.88 Å². The van der Waals surface area contributed by atoms with Gasteiger partial charge in [0.15, 0.2) is 0 Å². The van der Waals surface area contributed by atoms with E-state index in [2.05, 4.69) is 17.2 Å². The van der Waals surface area contributed by atoms with Crippen LogP contribution in [0.1, 0.15) is 26.7 Å². The van der Waals surface area contributed by atoms with E-state index in [0.29, 0.717) is 17.9 Å². The first-order chi connectivity index (χ1) is 7.22. The molecule has 3 nitrogen and oxygen atoms in total. The van der Waals surface area contributed by atoms with Crippen LogP contribution in [0.3, 0.4) is 0 Å². The van der Waals surface area contributed by atoms with Crippen LogP contribution in [0, 0.1) is 5.41 Å². The van der Waals surface area contributed by atoms with Crippen molar-refractivity contribution in [2.75, 3.05) is 18.5 Å². The Morgan fingerprint density at radius 2 is 2.27 bits per heavy atom. The van der Waals surface area contributed by atoms with Crippen LogP contribution in [0.25, 0.3) is 0 Å². The van der Waals surface area contributed by atoms with Crippen molar-refractivity contribution < 1.29 is 4.74 Å². The molecule has 1 saturated carbocycles. The lowest BCUT2D eigenvalue weighted by Gasteiger charge is -2.11. The Kier molecular flexibility index (Phi) is 2.80. The maximum atomic E-state index is 5.34. The molecule has 0 unspecified atom stereocenters. The van der Waals surface area contributed by atoms with Gasteiger partial charge in [0.2, 0.25) is 5.88 Å². The first kappa shape index (κ1) is 10.3. The SMILES string of the molecule is CCOc1cccc(NCC2(C)CC2)n1. The summed E-state index contributed by atoms with van der Waals surface area (Å²) in [7, 11) is 0. The van der Waals surface area contributed by atoms with E-state index in [1.807, 2.05) is 25.1 Å². The van der Waals surface area contributed by atoms with Gasteiger partial charge in [0.05, 0.1) is 6.61 Å². The summed E-state index contributed by atoms with van der Waals surface area (Å²) in [5.74, 6) is 1.61. The fraction of sp³-hybridized carbons (Fsp3) is 0.583. The van der Waals surface area contributed by atoms with E-state index in [4.69, 9.17) is 4.74 Å². The van der Waals surface area contributed by atoms with Gasteiger partial charge in [-0.25, -0.2) is 0 Å². The molecule has 82 valence electrons. The Labute approximate surface area is 90.9 Å². The van der Waals surface area contributed by atoms with Gasteiger partial charge < -0.3 is 10.1 Å². The van der Waals surface area contributed by atoms with E-state index < -0.39 is 0 Å². The summed E-state index contributed by atoms with van der Waals surface area (Å²) in [6, 6.07) is 5.83. The third-order valence-corrected chi connectivity index (χ3v) is 2.82. The van der Waals surface area contributed by atoms with Gasteiger partial charge in [-0.15, -0.1) is 0 Å². The number of aromatic nitrogens is 1. The summed E-state index contributed by atoms with van der Waals surface area (Å²) >= 11 is 0. The molecule has 0 aromatic carbocycles. The Bertz CT molecular complexity index is 334. The first-order valence-electron chi connectivity index (χ1n) is 5.56. The zero-order valence-corrected chi connectivity index (χ0v) is 9.42. The average Bonchev–Trinajstić information content (AvgIpc) is 2.96. The largest absolute Gasteiger partial charge is 0.478 e. The molecule has 2 rings (SSSR count). The maximum absolute atomic E-state index is 5.34. The number of pyridine rings is 1. The minimum absolute atomic E-state index is 0.503. The second-order valence-electron chi connectivity index (χ2n) is 4.46. The van der Waals surface area contributed by atoms with Crippen LogP contribution in [0.4, 0.5) is 5.82 Å². The highest BCUT2D eigenvalue weighted by molar-refractivity contribution is 5.37. The predicted molar refractivity (Wildman–Crippen MR) is 61.2 cm³/mol. The van der Waals surface area contributed by atoms with Crippen molar-refractivity contribution in [3.63, 3.8) is 0 Å². The molecular formula is C12H18N2O. The number of rotatable bonds is 5. The molecule has 1 aliphatic carbocycles.